The lowest BCUT2D eigenvalue weighted by Crippen LogP contribution is -2.22. The summed E-state index contributed by atoms with van der Waals surface area (Å²) in [5, 5.41) is 6.10. The van der Waals surface area contributed by atoms with Gasteiger partial charge in [-0.25, -0.2) is 0 Å². The average Bonchev–Trinajstić information content (AvgIpc) is 2.75. The van der Waals surface area contributed by atoms with Crippen LogP contribution in [0.25, 0.3) is 0 Å². The van der Waals surface area contributed by atoms with E-state index in [1.165, 1.54) is 5.56 Å². The standard InChI is InChI=1S/C25H28N2O2/c1-19-8-6-12-24(20(19)2)27-25(28)18-26-22-13-15-23(16-14-22)29-17-7-11-21-9-4-3-5-10-21/h3-6,8-10,12-16,26H,7,11,17-18H2,1-2H3,(H,27,28). The van der Waals surface area contributed by atoms with Gasteiger partial charge in [0.2, 0.25) is 5.91 Å². The summed E-state index contributed by atoms with van der Waals surface area (Å²) in [6.07, 6.45) is 1.98. The lowest BCUT2D eigenvalue weighted by Gasteiger charge is -2.12. The minimum Gasteiger partial charge on any atom is -0.494 e. The number of amides is 1. The molecule has 0 heterocycles. The monoisotopic (exact) mass is 388 g/mol. The van der Waals surface area contributed by atoms with Crippen molar-refractivity contribution in [3.8, 4) is 5.75 Å². The maximum Gasteiger partial charge on any atom is 0.243 e. The summed E-state index contributed by atoms with van der Waals surface area (Å²) >= 11 is 0. The highest BCUT2D eigenvalue weighted by atomic mass is 16.5. The van der Waals surface area contributed by atoms with E-state index in [2.05, 4.69) is 34.9 Å². The van der Waals surface area contributed by atoms with Gasteiger partial charge in [-0.05, 0) is 73.7 Å². The zero-order valence-corrected chi connectivity index (χ0v) is 17.1. The number of hydrogen-bond donors (Lipinski definition) is 2. The van der Waals surface area contributed by atoms with Gasteiger partial charge >= 0.3 is 0 Å². The van der Waals surface area contributed by atoms with Gasteiger partial charge in [0, 0.05) is 11.4 Å². The Morgan fingerprint density at radius 3 is 2.41 bits per heavy atom. The van der Waals surface area contributed by atoms with Gasteiger partial charge < -0.3 is 15.4 Å². The van der Waals surface area contributed by atoms with Gasteiger partial charge in [-0.2, -0.15) is 0 Å². The highest BCUT2D eigenvalue weighted by Crippen LogP contribution is 2.18. The molecule has 0 aliphatic carbocycles. The molecule has 29 heavy (non-hydrogen) atoms. The summed E-state index contributed by atoms with van der Waals surface area (Å²) in [7, 11) is 0. The predicted molar refractivity (Wildman–Crippen MR) is 120 cm³/mol. The zero-order valence-electron chi connectivity index (χ0n) is 17.1. The van der Waals surface area contributed by atoms with Gasteiger partial charge in [-0.3, -0.25) is 4.79 Å². The smallest absolute Gasteiger partial charge is 0.243 e. The van der Waals surface area contributed by atoms with Gasteiger partial charge in [0.15, 0.2) is 0 Å². The third-order valence-corrected chi connectivity index (χ3v) is 4.91. The fraction of sp³-hybridized carbons (Fsp3) is 0.240. The Hall–Kier alpha value is -3.27. The van der Waals surface area contributed by atoms with Crippen LogP contribution in [0.3, 0.4) is 0 Å². The van der Waals surface area contributed by atoms with Crippen molar-refractivity contribution in [2.45, 2.75) is 26.7 Å². The van der Waals surface area contributed by atoms with Gasteiger partial charge in [0.1, 0.15) is 5.75 Å². The minimum absolute atomic E-state index is 0.0695. The molecular formula is C25H28N2O2. The number of nitrogens with one attached hydrogen (secondary N) is 2. The van der Waals surface area contributed by atoms with E-state index in [1.54, 1.807) is 0 Å². The Kier molecular flexibility index (Phi) is 7.28. The van der Waals surface area contributed by atoms with E-state index in [0.29, 0.717) is 6.61 Å². The Labute approximate surface area is 172 Å². The zero-order chi connectivity index (χ0) is 20.5. The highest BCUT2D eigenvalue weighted by Gasteiger charge is 2.06. The largest absolute Gasteiger partial charge is 0.494 e. The molecule has 0 aromatic heterocycles. The van der Waals surface area contributed by atoms with Gasteiger partial charge in [0.25, 0.3) is 0 Å². The molecule has 0 fully saturated rings. The summed E-state index contributed by atoms with van der Waals surface area (Å²) in [4.78, 5) is 12.2. The molecule has 0 radical (unpaired) electrons. The van der Waals surface area contributed by atoms with Crippen molar-refractivity contribution >= 4 is 17.3 Å². The van der Waals surface area contributed by atoms with Crippen molar-refractivity contribution in [2.75, 3.05) is 23.8 Å². The van der Waals surface area contributed by atoms with E-state index < -0.39 is 0 Å². The van der Waals surface area contributed by atoms with E-state index in [9.17, 15) is 4.79 Å². The van der Waals surface area contributed by atoms with E-state index in [-0.39, 0.29) is 12.5 Å². The first-order valence-corrected chi connectivity index (χ1v) is 9.98. The molecule has 150 valence electrons. The maximum atomic E-state index is 12.2. The number of benzene rings is 3. The van der Waals surface area contributed by atoms with Crippen LogP contribution in [-0.2, 0) is 11.2 Å². The number of aryl methyl sites for hydroxylation is 2. The SMILES string of the molecule is Cc1cccc(NC(=O)CNc2ccc(OCCCc3ccccc3)cc2)c1C. The second-order valence-corrected chi connectivity index (χ2v) is 7.11. The third-order valence-electron chi connectivity index (χ3n) is 4.91. The number of carbonyl (C=O) groups is 1. The molecule has 2 N–H and O–H groups in total. The lowest BCUT2D eigenvalue weighted by atomic mass is 10.1. The van der Waals surface area contributed by atoms with Gasteiger partial charge in [-0.15, -0.1) is 0 Å². The molecule has 0 saturated heterocycles. The van der Waals surface area contributed by atoms with Crippen molar-refractivity contribution in [2.24, 2.45) is 0 Å². The van der Waals surface area contributed by atoms with Crippen LogP contribution in [-0.4, -0.2) is 19.1 Å². The molecule has 3 aromatic carbocycles. The number of ether oxygens (including phenoxy) is 1. The summed E-state index contributed by atoms with van der Waals surface area (Å²) in [5.41, 5.74) is 5.33. The molecular weight excluding hydrogens is 360 g/mol. The number of rotatable bonds is 9. The Bertz CT molecular complexity index is 921. The fourth-order valence-electron chi connectivity index (χ4n) is 3.04. The molecule has 0 spiro atoms. The van der Waals surface area contributed by atoms with Crippen LogP contribution in [0.15, 0.2) is 72.8 Å². The first-order valence-electron chi connectivity index (χ1n) is 9.98. The van der Waals surface area contributed by atoms with Crippen molar-refractivity contribution < 1.29 is 9.53 Å². The molecule has 1 amide bonds. The molecule has 0 aliphatic rings. The van der Waals surface area contributed by atoms with Crippen LogP contribution >= 0.6 is 0 Å². The van der Waals surface area contributed by atoms with Crippen LogP contribution in [0, 0.1) is 13.8 Å². The second-order valence-electron chi connectivity index (χ2n) is 7.11. The number of carbonyl (C=O) groups excluding carboxylic acids is 1. The van der Waals surface area contributed by atoms with E-state index in [0.717, 1.165) is 41.1 Å². The third kappa shape index (κ3) is 6.39. The topological polar surface area (TPSA) is 50.4 Å². The predicted octanol–water partition coefficient (Wildman–Crippen LogP) is 5.37. The molecule has 4 nitrogen and oxygen atoms in total. The quantitative estimate of drug-likeness (QED) is 0.485. The molecule has 0 saturated carbocycles. The average molecular weight is 389 g/mol. The van der Waals surface area contributed by atoms with Crippen molar-refractivity contribution in [1.29, 1.82) is 0 Å². The summed E-state index contributed by atoms with van der Waals surface area (Å²) in [6.45, 7) is 4.94. The molecule has 0 bridgehead atoms. The molecule has 0 aliphatic heterocycles. The maximum absolute atomic E-state index is 12.2. The van der Waals surface area contributed by atoms with E-state index in [4.69, 9.17) is 4.74 Å². The normalized spacial score (nSPS) is 10.4. The first kappa shape index (κ1) is 20.5. The van der Waals surface area contributed by atoms with Crippen molar-refractivity contribution in [3.05, 3.63) is 89.5 Å². The van der Waals surface area contributed by atoms with Crippen LogP contribution in [0.5, 0.6) is 5.75 Å². The Balaban J connectivity index is 1.39. The Morgan fingerprint density at radius 2 is 1.66 bits per heavy atom. The van der Waals surface area contributed by atoms with Crippen molar-refractivity contribution in [3.63, 3.8) is 0 Å². The number of hydrogen-bond acceptors (Lipinski definition) is 3. The minimum atomic E-state index is -0.0695. The van der Waals surface area contributed by atoms with E-state index >= 15 is 0 Å². The van der Waals surface area contributed by atoms with Crippen LogP contribution in [0.4, 0.5) is 11.4 Å². The summed E-state index contributed by atoms with van der Waals surface area (Å²) < 4.78 is 5.80. The fourth-order valence-corrected chi connectivity index (χ4v) is 3.04. The molecule has 0 unspecified atom stereocenters. The Morgan fingerprint density at radius 1 is 0.897 bits per heavy atom. The molecule has 3 aromatic rings. The van der Waals surface area contributed by atoms with Crippen LogP contribution < -0.4 is 15.4 Å². The molecule has 4 heteroatoms. The van der Waals surface area contributed by atoms with Gasteiger partial charge in [-0.1, -0.05) is 42.5 Å². The van der Waals surface area contributed by atoms with Crippen LogP contribution in [0.1, 0.15) is 23.1 Å². The molecule has 0 atom stereocenters. The van der Waals surface area contributed by atoms with Gasteiger partial charge in [0.05, 0.1) is 13.2 Å². The summed E-state index contributed by atoms with van der Waals surface area (Å²) in [5.74, 6) is 0.767. The number of anilines is 2. The highest BCUT2D eigenvalue weighted by molar-refractivity contribution is 5.94. The lowest BCUT2D eigenvalue weighted by molar-refractivity contribution is -0.114. The van der Waals surface area contributed by atoms with Crippen molar-refractivity contribution in [1.82, 2.24) is 0 Å². The summed E-state index contributed by atoms with van der Waals surface area (Å²) in [6, 6.07) is 24.0. The second kappa shape index (κ2) is 10.3. The first-order chi connectivity index (χ1) is 14.1. The molecule has 3 rings (SSSR count). The van der Waals surface area contributed by atoms with E-state index in [1.807, 2.05) is 62.4 Å². The van der Waals surface area contributed by atoms with Crippen LogP contribution in [0.2, 0.25) is 0 Å².